The number of halogens is 2. The van der Waals surface area contributed by atoms with Gasteiger partial charge in [0.05, 0.1) is 11.2 Å². The molecule has 3 heteroatoms. The molecule has 0 radical (unpaired) electrons. The van der Waals surface area contributed by atoms with Gasteiger partial charge in [-0.2, -0.15) is 0 Å². The maximum atomic E-state index is 5.01. The van der Waals surface area contributed by atoms with Gasteiger partial charge in [0.2, 0.25) is 0 Å². The van der Waals surface area contributed by atoms with Crippen LogP contribution in [0.25, 0.3) is 22.0 Å². The minimum absolute atomic E-state index is 0.808. The highest BCUT2D eigenvalue weighted by Gasteiger charge is 2.11. The zero-order valence-corrected chi connectivity index (χ0v) is 17.5. The predicted octanol–water partition coefficient (Wildman–Crippen LogP) is 7.33. The lowest BCUT2D eigenvalue weighted by molar-refractivity contribution is 1.10. The molecule has 0 amide bonds. The molecule has 0 atom stereocenters. The van der Waals surface area contributed by atoms with Gasteiger partial charge < -0.3 is 0 Å². The number of pyridine rings is 1. The number of aromatic nitrogens is 1. The van der Waals surface area contributed by atoms with Crippen LogP contribution >= 0.6 is 31.9 Å². The van der Waals surface area contributed by atoms with Crippen molar-refractivity contribution in [1.29, 1.82) is 0 Å². The van der Waals surface area contributed by atoms with Crippen LogP contribution in [0.5, 0.6) is 0 Å². The molecule has 0 saturated heterocycles. The number of fused-ring (bicyclic) bond motifs is 1. The molecule has 128 valence electrons. The third kappa shape index (κ3) is 3.74. The van der Waals surface area contributed by atoms with Gasteiger partial charge in [-0.3, -0.25) is 4.98 Å². The van der Waals surface area contributed by atoms with Gasteiger partial charge in [-0.15, -0.1) is 0 Å². The molecule has 1 aromatic heterocycles. The summed E-state index contributed by atoms with van der Waals surface area (Å²) >= 11 is 7.03. The number of benzene rings is 3. The van der Waals surface area contributed by atoms with E-state index in [0.29, 0.717) is 0 Å². The first-order valence-electron chi connectivity index (χ1n) is 8.49. The van der Waals surface area contributed by atoms with Crippen molar-refractivity contribution in [2.24, 2.45) is 0 Å². The zero-order valence-electron chi connectivity index (χ0n) is 14.3. The quantitative estimate of drug-likeness (QED) is 0.308. The monoisotopic (exact) mass is 465 g/mol. The molecule has 0 unspecified atom stereocenters. The lowest BCUT2D eigenvalue weighted by Crippen LogP contribution is -1.97. The van der Waals surface area contributed by atoms with Crippen LogP contribution < -0.4 is 0 Å². The van der Waals surface area contributed by atoms with Crippen LogP contribution in [0.15, 0.2) is 81.7 Å². The lowest BCUT2D eigenvalue weighted by atomic mass is 9.97. The predicted molar refractivity (Wildman–Crippen MR) is 117 cm³/mol. The summed E-state index contributed by atoms with van der Waals surface area (Å²) in [5, 5.41) is 1.18. The summed E-state index contributed by atoms with van der Waals surface area (Å²) in [6.45, 7) is 2.12. The van der Waals surface area contributed by atoms with Crippen LogP contribution in [0.4, 0.5) is 0 Å². The summed E-state index contributed by atoms with van der Waals surface area (Å²) in [5.41, 5.74) is 7.04. The number of nitrogens with zero attached hydrogens (tertiary/aromatic N) is 1. The van der Waals surface area contributed by atoms with Crippen LogP contribution in [-0.2, 0) is 6.42 Å². The summed E-state index contributed by atoms with van der Waals surface area (Å²) in [6, 6.07) is 25.6. The van der Waals surface area contributed by atoms with Gasteiger partial charge >= 0.3 is 0 Å². The molecule has 4 aromatic rings. The van der Waals surface area contributed by atoms with Gasteiger partial charge in [-0.25, -0.2) is 0 Å². The molecule has 4 rings (SSSR count). The lowest BCUT2D eigenvalue weighted by Gasteiger charge is -2.12. The molecule has 1 nitrogen and oxygen atoms in total. The van der Waals surface area contributed by atoms with E-state index in [0.717, 1.165) is 26.6 Å². The second-order valence-corrected chi connectivity index (χ2v) is 8.32. The number of hydrogen-bond donors (Lipinski definition) is 0. The van der Waals surface area contributed by atoms with Crippen LogP contribution in [-0.4, -0.2) is 4.98 Å². The molecule has 0 aliphatic heterocycles. The molecule has 1 heterocycles. The van der Waals surface area contributed by atoms with E-state index in [1.54, 1.807) is 0 Å². The van der Waals surface area contributed by atoms with E-state index in [1.165, 1.54) is 27.6 Å². The molecule has 0 bridgehead atoms. The summed E-state index contributed by atoms with van der Waals surface area (Å²) in [4.78, 5) is 5.01. The normalized spacial score (nSPS) is 11.0. The van der Waals surface area contributed by atoms with Crippen molar-refractivity contribution in [3.05, 3.63) is 98.6 Å². The minimum Gasteiger partial charge on any atom is -0.252 e. The van der Waals surface area contributed by atoms with Gasteiger partial charge in [0, 0.05) is 26.3 Å². The summed E-state index contributed by atoms with van der Waals surface area (Å²) in [6.07, 6.45) is 0.808. The molecule has 0 aliphatic rings. The van der Waals surface area contributed by atoms with Crippen LogP contribution in [0.2, 0.25) is 0 Å². The fraction of sp³-hybridized carbons (Fsp3) is 0.0870. The van der Waals surface area contributed by atoms with E-state index >= 15 is 0 Å². The first-order valence-corrected chi connectivity index (χ1v) is 10.1. The molecule has 3 aromatic carbocycles. The molecule has 0 spiro atoms. The number of aryl methyl sites for hydroxylation is 1. The third-order valence-corrected chi connectivity index (χ3v) is 5.55. The molecule has 0 saturated carbocycles. The maximum absolute atomic E-state index is 5.01. The highest BCUT2D eigenvalue weighted by molar-refractivity contribution is 9.10. The van der Waals surface area contributed by atoms with Crippen LogP contribution in [0.1, 0.15) is 16.8 Å². The van der Waals surface area contributed by atoms with Crippen molar-refractivity contribution < 1.29 is 0 Å². The molecule has 0 aliphatic carbocycles. The van der Waals surface area contributed by atoms with Crippen molar-refractivity contribution in [3.8, 4) is 11.1 Å². The van der Waals surface area contributed by atoms with Crippen molar-refractivity contribution in [3.63, 3.8) is 0 Å². The molecule has 0 N–H and O–H groups in total. The largest absolute Gasteiger partial charge is 0.252 e. The van der Waals surface area contributed by atoms with E-state index < -0.39 is 0 Å². The Morgan fingerprint density at radius 1 is 0.769 bits per heavy atom. The van der Waals surface area contributed by atoms with E-state index in [9.17, 15) is 0 Å². The topological polar surface area (TPSA) is 12.9 Å². The Bertz CT molecular complexity index is 1070. The summed E-state index contributed by atoms with van der Waals surface area (Å²) in [7, 11) is 0. The molecule has 0 fully saturated rings. The van der Waals surface area contributed by atoms with E-state index in [4.69, 9.17) is 4.98 Å². The third-order valence-electron chi connectivity index (χ3n) is 4.49. The fourth-order valence-electron chi connectivity index (χ4n) is 3.15. The van der Waals surface area contributed by atoms with Crippen molar-refractivity contribution in [1.82, 2.24) is 4.98 Å². The van der Waals surface area contributed by atoms with Gasteiger partial charge in [-0.05, 0) is 60.5 Å². The number of hydrogen-bond acceptors (Lipinski definition) is 1. The van der Waals surface area contributed by atoms with Crippen molar-refractivity contribution >= 4 is 42.8 Å². The average Bonchev–Trinajstić information content (AvgIpc) is 2.64. The second kappa shape index (κ2) is 7.34. The van der Waals surface area contributed by atoms with Crippen LogP contribution in [0.3, 0.4) is 0 Å². The van der Waals surface area contributed by atoms with Gasteiger partial charge in [0.25, 0.3) is 0 Å². The summed E-state index contributed by atoms with van der Waals surface area (Å²) in [5.74, 6) is 0. The first-order chi connectivity index (χ1) is 12.6. The Morgan fingerprint density at radius 2 is 1.42 bits per heavy atom. The number of rotatable bonds is 3. The Morgan fingerprint density at radius 3 is 2.12 bits per heavy atom. The van der Waals surface area contributed by atoms with Gasteiger partial charge in [-0.1, -0.05) is 67.8 Å². The zero-order chi connectivity index (χ0) is 18.1. The Labute approximate surface area is 170 Å². The molecular formula is C23H17Br2N. The van der Waals surface area contributed by atoms with E-state index in [1.807, 2.05) is 0 Å². The second-order valence-electron chi connectivity index (χ2n) is 6.49. The first kappa shape index (κ1) is 17.4. The molecule has 26 heavy (non-hydrogen) atoms. The van der Waals surface area contributed by atoms with Gasteiger partial charge in [0.1, 0.15) is 0 Å². The average molecular weight is 467 g/mol. The van der Waals surface area contributed by atoms with Crippen molar-refractivity contribution in [2.75, 3.05) is 0 Å². The minimum atomic E-state index is 0.808. The Kier molecular flexibility index (Phi) is 4.92. The van der Waals surface area contributed by atoms with Crippen LogP contribution in [0, 0.1) is 6.92 Å². The summed E-state index contributed by atoms with van der Waals surface area (Å²) < 4.78 is 2.18. The van der Waals surface area contributed by atoms with Crippen molar-refractivity contribution in [2.45, 2.75) is 13.3 Å². The van der Waals surface area contributed by atoms with E-state index in [-0.39, 0.29) is 0 Å². The molecular weight excluding hydrogens is 450 g/mol. The Hall–Kier alpha value is -1.97. The highest BCUT2D eigenvalue weighted by Crippen LogP contribution is 2.30. The standard InChI is InChI=1S/C23H17Br2N/c1-15-2-11-22-18(12-15)14-21(17-5-9-20(25)10-6-17)23(26-22)13-16-3-7-19(24)8-4-16/h2-12,14H,13H2,1H3. The van der Waals surface area contributed by atoms with E-state index in [2.05, 4.69) is 112 Å². The fourth-order valence-corrected chi connectivity index (χ4v) is 3.67. The smallest absolute Gasteiger partial charge is 0.0706 e. The SMILES string of the molecule is Cc1ccc2nc(Cc3ccc(Br)cc3)c(-c3ccc(Br)cc3)cc2c1. The maximum Gasteiger partial charge on any atom is 0.0706 e. The highest BCUT2D eigenvalue weighted by atomic mass is 79.9. The Balaban J connectivity index is 1.87. The van der Waals surface area contributed by atoms with Gasteiger partial charge in [0.15, 0.2) is 0 Å².